The van der Waals surface area contributed by atoms with Crippen LogP contribution in [0.4, 0.5) is 0 Å². The highest BCUT2D eigenvalue weighted by molar-refractivity contribution is 8.26. The fourth-order valence-electron chi connectivity index (χ4n) is 6.90. The summed E-state index contributed by atoms with van der Waals surface area (Å²) in [4.78, 5) is 4.26. The van der Waals surface area contributed by atoms with Crippen LogP contribution in [-0.4, -0.2) is 4.98 Å². The summed E-state index contributed by atoms with van der Waals surface area (Å²) in [7, 11) is 0. The highest BCUT2D eigenvalue weighted by atomic mass is 32.4. The van der Waals surface area contributed by atoms with Gasteiger partial charge in [0, 0.05) is 34.1 Å². The van der Waals surface area contributed by atoms with E-state index < -0.39 is 6.04 Å². The second-order valence-corrected chi connectivity index (χ2v) is 16.2. The Labute approximate surface area is 279 Å². The van der Waals surface area contributed by atoms with Crippen molar-refractivity contribution in [1.29, 1.82) is 0 Å². The largest absolute Gasteiger partial charge is 0.455 e. The standard InChI is InChI=1S/C42H28NO2PS/c1-27-26-43-23-22-33(27)31-20-18-28(19-21-31)32-24-36-42-37(25-32)45-41-35(30-12-6-3-7-13-30)15-9-17-39(41)46(42,47)38-16-8-14-34(40(38)44-36)29-10-4-2-5-11-29/h2-26H,1H3. The molecule has 0 aliphatic carbocycles. The van der Waals surface area contributed by atoms with Crippen LogP contribution >= 0.6 is 6.04 Å². The summed E-state index contributed by atoms with van der Waals surface area (Å²) in [5.74, 6) is 3.20. The SMILES string of the molecule is Cc1cnccc1-c1ccc(-c2cc3c4c(c2)Oc2c(-c5ccccc5)cccc2P4(=S)c2cccc(-c4ccccc4)c2O3)cc1. The minimum Gasteiger partial charge on any atom is -0.455 e. The summed E-state index contributed by atoms with van der Waals surface area (Å²) in [6.45, 7) is 2.09. The number of aromatic nitrogens is 1. The molecule has 0 atom stereocenters. The number of hydrogen-bond donors (Lipinski definition) is 0. The van der Waals surface area contributed by atoms with Gasteiger partial charge in [-0.3, -0.25) is 4.98 Å². The summed E-state index contributed by atoms with van der Waals surface area (Å²) >= 11 is 6.97. The number of rotatable bonds is 4. The van der Waals surface area contributed by atoms with Crippen LogP contribution in [0.1, 0.15) is 5.56 Å². The highest BCUT2D eigenvalue weighted by Gasteiger charge is 2.44. The van der Waals surface area contributed by atoms with Crippen LogP contribution in [0, 0.1) is 6.92 Å². The zero-order chi connectivity index (χ0) is 31.5. The van der Waals surface area contributed by atoms with Crippen molar-refractivity contribution in [2.24, 2.45) is 0 Å². The Kier molecular flexibility index (Phi) is 6.50. The van der Waals surface area contributed by atoms with Crippen molar-refractivity contribution in [3.63, 3.8) is 0 Å². The molecule has 1 aromatic heterocycles. The van der Waals surface area contributed by atoms with Crippen molar-refractivity contribution in [2.75, 3.05) is 0 Å². The lowest BCUT2D eigenvalue weighted by Gasteiger charge is -2.39. The van der Waals surface area contributed by atoms with Crippen molar-refractivity contribution in [3.8, 4) is 67.5 Å². The molecular weight excluding hydrogens is 614 g/mol. The molecule has 224 valence electrons. The molecule has 0 saturated carbocycles. The molecule has 0 saturated heterocycles. The van der Waals surface area contributed by atoms with Crippen LogP contribution in [-0.2, 0) is 11.8 Å². The first-order valence-corrected chi connectivity index (χ1v) is 18.4. The van der Waals surface area contributed by atoms with Crippen LogP contribution in [0.5, 0.6) is 23.0 Å². The second-order valence-electron chi connectivity index (χ2n) is 11.9. The van der Waals surface area contributed by atoms with Crippen LogP contribution < -0.4 is 25.4 Å². The molecule has 0 radical (unpaired) electrons. The van der Waals surface area contributed by atoms with E-state index in [0.717, 1.165) is 83.4 Å². The Balaban J connectivity index is 1.28. The van der Waals surface area contributed by atoms with E-state index in [2.05, 4.69) is 139 Å². The van der Waals surface area contributed by atoms with Crippen molar-refractivity contribution in [1.82, 2.24) is 4.98 Å². The van der Waals surface area contributed by atoms with Gasteiger partial charge in [-0.05, 0) is 76.2 Å². The first-order chi connectivity index (χ1) is 23.1. The molecule has 0 N–H and O–H groups in total. The van der Waals surface area contributed by atoms with Crippen molar-refractivity contribution in [3.05, 3.63) is 157 Å². The third kappa shape index (κ3) is 4.41. The predicted octanol–water partition coefficient (Wildman–Crippen LogP) is 10.0. The van der Waals surface area contributed by atoms with Gasteiger partial charge in [-0.2, -0.15) is 0 Å². The van der Waals surface area contributed by atoms with Gasteiger partial charge in [0.05, 0.1) is 11.3 Å². The Hall–Kier alpha value is -5.28. The fourth-order valence-corrected chi connectivity index (χ4v) is 11.4. The van der Waals surface area contributed by atoms with Crippen molar-refractivity contribution in [2.45, 2.75) is 6.92 Å². The van der Waals surface area contributed by atoms with Gasteiger partial charge in [0.15, 0.2) is 0 Å². The molecule has 9 rings (SSSR count). The van der Waals surface area contributed by atoms with E-state index in [4.69, 9.17) is 21.3 Å². The Morgan fingerprint density at radius 1 is 0.511 bits per heavy atom. The van der Waals surface area contributed by atoms with Crippen LogP contribution in [0.15, 0.2) is 152 Å². The molecule has 2 aliphatic rings. The third-order valence-electron chi connectivity index (χ3n) is 9.17. The van der Waals surface area contributed by atoms with Crippen LogP contribution in [0.2, 0.25) is 0 Å². The van der Waals surface area contributed by atoms with E-state index in [0.29, 0.717) is 0 Å². The van der Waals surface area contributed by atoms with Gasteiger partial charge >= 0.3 is 0 Å². The highest BCUT2D eigenvalue weighted by Crippen LogP contribution is 2.61. The smallest absolute Gasteiger partial charge is 0.144 e. The van der Waals surface area contributed by atoms with Gasteiger partial charge < -0.3 is 9.47 Å². The first kappa shape index (κ1) is 28.0. The van der Waals surface area contributed by atoms with E-state index in [1.165, 1.54) is 5.56 Å². The minimum atomic E-state index is -2.60. The fraction of sp³-hybridized carbons (Fsp3) is 0.0238. The number of benzene rings is 6. The maximum Gasteiger partial charge on any atom is 0.144 e. The number of aryl methyl sites for hydroxylation is 1. The lowest BCUT2D eigenvalue weighted by molar-refractivity contribution is 0.468. The number of nitrogens with zero attached hydrogens (tertiary/aromatic N) is 1. The van der Waals surface area contributed by atoms with E-state index in [-0.39, 0.29) is 0 Å². The van der Waals surface area contributed by atoms with Crippen molar-refractivity contribution < 1.29 is 9.47 Å². The first-order valence-electron chi connectivity index (χ1n) is 15.6. The summed E-state index contributed by atoms with van der Waals surface area (Å²) in [6, 6.07) is 46.1. The number of hydrogen-bond acceptors (Lipinski definition) is 4. The Morgan fingerprint density at radius 3 is 1.55 bits per heavy atom. The van der Waals surface area contributed by atoms with Gasteiger partial charge in [-0.1, -0.05) is 121 Å². The van der Waals surface area contributed by atoms with E-state index in [1.807, 2.05) is 24.5 Å². The van der Waals surface area contributed by atoms with E-state index in [9.17, 15) is 0 Å². The van der Waals surface area contributed by atoms with E-state index >= 15 is 0 Å². The van der Waals surface area contributed by atoms with Gasteiger partial charge in [0.1, 0.15) is 23.0 Å². The maximum absolute atomic E-state index is 6.97. The molecule has 3 nitrogen and oxygen atoms in total. The second kappa shape index (κ2) is 10.9. The quantitative estimate of drug-likeness (QED) is 0.179. The van der Waals surface area contributed by atoms with Gasteiger partial charge in [-0.25, -0.2) is 0 Å². The lowest BCUT2D eigenvalue weighted by atomic mass is 9.98. The normalized spacial score (nSPS) is 13.4. The zero-order valence-corrected chi connectivity index (χ0v) is 27.3. The molecule has 2 aliphatic heterocycles. The summed E-state index contributed by atoms with van der Waals surface area (Å²) in [6.07, 6.45) is 3.74. The summed E-state index contributed by atoms with van der Waals surface area (Å²) in [5.41, 5.74) is 9.83. The lowest BCUT2D eigenvalue weighted by Crippen LogP contribution is -2.35. The number of pyridine rings is 1. The minimum absolute atomic E-state index is 0.765. The van der Waals surface area contributed by atoms with Crippen LogP contribution in [0.3, 0.4) is 0 Å². The van der Waals surface area contributed by atoms with Crippen LogP contribution in [0.25, 0.3) is 44.5 Å². The molecule has 0 spiro atoms. The third-order valence-corrected chi connectivity index (χ3v) is 14.0. The Bertz CT molecular complexity index is 2270. The molecule has 3 heterocycles. The molecule has 7 aromatic rings. The summed E-state index contributed by atoms with van der Waals surface area (Å²) < 4.78 is 13.9. The van der Waals surface area contributed by atoms with E-state index in [1.54, 1.807) is 0 Å². The topological polar surface area (TPSA) is 31.4 Å². The molecule has 0 unspecified atom stereocenters. The molecule has 0 bridgehead atoms. The molecule has 6 aromatic carbocycles. The van der Waals surface area contributed by atoms with Gasteiger partial charge in [0.2, 0.25) is 0 Å². The zero-order valence-electron chi connectivity index (χ0n) is 25.6. The number of para-hydroxylation sites is 2. The molecule has 0 fully saturated rings. The van der Waals surface area contributed by atoms with Gasteiger partial charge in [0.25, 0.3) is 0 Å². The molecule has 0 amide bonds. The number of fused-ring (bicyclic) bond motifs is 4. The average Bonchev–Trinajstić information content (AvgIpc) is 3.12. The average molecular weight is 642 g/mol. The molecular formula is C42H28NO2PS. The molecule has 47 heavy (non-hydrogen) atoms. The summed E-state index contributed by atoms with van der Waals surface area (Å²) in [5, 5.41) is 3.10. The van der Waals surface area contributed by atoms with Gasteiger partial charge in [-0.15, -0.1) is 0 Å². The maximum atomic E-state index is 6.97. The predicted molar refractivity (Wildman–Crippen MR) is 197 cm³/mol. The van der Waals surface area contributed by atoms with Crippen molar-refractivity contribution >= 4 is 33.8 Å². The monoisotopic (exact) mass is 641 g/mol. The Morgan fingerprint density at radius 2 is 1.02 bits per heavy atom. The molecule has 5 heteroatoms. The number of ether oxygens (including phenoxy) is 2.